The SMILES string of the molecule is Cc1cc(C)n(CCN(C(=O)c2ccno2)c2nc3c(C)cc(Cl)cc3s2)n1. The van der Waals surface area contributed by atoms with Crippen LogP contribution in [0.5, 0.6) is 0 Å². The number of hydrogen-bond acceptors (Lipinski definition) is 6. The fourth-order valence-electron chi connectivity index (χ4n) is 3.10. The molecule has 0 atom stereocenters. The fraction of sp³-hybridized carbons (Fsp3) is 0.263. The zero-order chi connectivity index (χ0) is 19.8. The highest BCUT2D eigenvalue weighted by Crippen LogP contribution is 2.33. The molecule has 0 aliphatic rings. The van der Waals surface area contributed by atoms with Crippen LogP contribution in [-0.2, 0) is 6.54 Å². The molecule has 0 aliphatic heterocycles. The number of benzene rings is 1. The predicted molar refractivity (Wildman–Crippen MR) is 109 cm³/mol. The zero-order valence-corrected chi connectivity index (χ0v) is 17.2. The molecule has 0 aliphatic carbocycles. The molecule has 7 nitrogen and oxygen atoms in total. The normalized spacial score (nSPS) is 11.3. The van der Waals surface area contributed by atoms with Gasteiger partial charge in [0.1, 0.15) is 0 Å². The lowest BCUT2D eigenvalue weighted by molar-refractivity contribution is 0.0950. The number of fused-ring (bicyclic) bond motifs is 1. The molecular weight excluding hydrogens is 398 g/mol. The molecule has 28 heavy (non-hydrogen) atoms. The highest BCUT2D eigenvalue weighted by molar-refractivity contribution is 7.22. The Morgan fingerprint density at radius 2 is 2.11 bits per heavy atom. The Morgan fingerprint density at radius 3 is 2.79 bits per heavy atom. The van der Waals surface area contributed by atoms with Crippen LogP contribution in [0.3, 0.4) is 0 Å². The molecule has 0 saturated heterocycles. The highest BCUT2D eigenvalue weighted by Gasteiger charge is 2.24. The molecule has 0 saturated carbocycles. The van der Waals surface area contributed by atoms with Gasteiger partial charge in [-0.2, -0.15) is 5.10 Å². The van der Waals surface area contributed by atoms with Crippen molar-refractivity contribution in [3.8, 4) is 0 Å². The van der Waals surface area contributed by atoms with Crippen molar-refractivity contribution in [3.63, 3.8) is 0 Å². The molecule has 3 aromatic heterocycles. The van der Waals surface area contributed by atoms with Crippen LogP contribution < -0.4 is 4.90 Å². The smallest absolute Gasteiger partial charge is 0.298 e. The molecule has 9 heteroatoms. The van der Waals surface area contributed by atoms with Crippen LogP contribution >= 0.6 is 22.9 Å². The average molecular weight is 416 g/mol. The second-order valence-electron chi connectivity index (χ2n) is 6.55. The third-order valence-electron chi connectivity index (χ3n) is 4.40. The Balaban J connectivity index is 1.71. The van der Waals surface area contributed by atoms with Crippen LogP contribution in [0.2, 0.25) is 5.02 Å². The number of nitrogens with zero attached hydrogens (tertiary/aromatic N) is 5. The van der Waals surface area contributed by atoms with Crippen molar-refractivity contribution < 1.29 is 9.32 Å². The number of rotatable bonds is 5. The lowest BCUT2D eigenvalue weighted by Crippen LogP contribution is -2.34. The maximum absolute atomic E-state index is 13.0. The number of aromatic nitrogens is 4. The summed E-state index contributed by atoms with van der Waals surface area (Å²) < 4.78 is 7.90. The third kappa shape index (κ3) is 3.53. The van der Waals surface area contributed by atoms with E-state index in [1.165, 1.54) is 17.5 Å². The summed E-state index contributed by atoms with van der Waals surface area (Å²) in [5, 5.41) is 9.36. The van der Waals surface area contributed by atoms with Gasteiger partial charge >= 0.3 is 0 Å². The number of carbonyl (C=O) groups excluding carboxylic acids is 1. The lowest BCUT2D eigenvalue weighted by Gasteiger charge is -2.18. The molecule has 1 aromatic carbocycles. The summed E-state index contributed by atoms with van der Waals surface area (Å²) >= 11 is 7.60. The zero-order valence-electron chi connectivity index (χ0n) is 15.6. The first-order valence-corrected chi connectivity index (χ1v) is 9.92. The Bertz CT molecular complexity index is 1150. The van der Waals surface area contributed by atoms with Crippen molar-refractivity contribution in [1.82, 2.24) is 19.9 Å². The fourth-order valence-corrected chi connectivity index (χ4v) is 4.54. The van der Waals surface area contributed by atoms with E-state index in [9.17, 15) is 4.79 Å². The largest absolute Gasteiger partial charge is 0.351 e. The molecule has 0 spiro atoms. The topological polar surface area (TPSA) is 77.0 Å². The molecule has 4 aromatic rings. The van der Waals surface area contributed by atoms with Crippen molar-refractivity contribution in [2.45, 2.75) is 27.3 Å². The molecule has 144 valence electrons. The van der Waals surface area contributed by atoms with Gasteiger partial charge in [0.05, 0.1) is 28.7 Å². The first kappa shape index (κ1) is 18.6. The van der Waals surface area contributed by atoms with E-state index in [-0.39, 0.29) is 11.7 Å². The van der Waals surface area contributed by atoms with Crippen molar-refractivity contribution in [3.05, 3.63) is 58.2 Å². The highest BCUT2D eigenvalue weighted by atomic mass is 35.5. The van der Waals surface area contributed by atoms with Crippen LogP contribution in [0, 0.1) is 20.8 Å². The van der Waals surface area contributed by atoms with Crippen LogP contribution in [0.4, 0.5) is 5.13 Å². The van der Waals surface area contributed by atoms with Crippen LogP contribution in [0.25, 0.3) is 10.2 Å². The van der Waals surface area contributed by atoms with Gasteiger partial charge in [-0.25, -0.2) is 4.98 Å². The van der Waals surface area contributed by atoms with E-state index in [1.54, 1.807) is 11.0 Å². The van der Waals surface area contributed by atoms with E-state index in [0.29, 0.717) is 23.2 Å². The minimum Gasteiger partial charge on any atom is -0.351 e. The van der Waals surface area contributed by atoms with Gasteiger partial charge in [-0.15, -0.1) is 0 Å². The molecule has 1 amide bonds. The van der Waals surface area contributed by atoms with E-state index in [4.69, 9.17) is 21.1 Å². The molecule has 0 unspecified atom stereocenters. The van der Waals surface area contributed by atoms with E-state index in [0.717, 1.165) is 27.2 Å². The number of halogens is 1. The summed E-state index contributed by atoms with van der Waals surface area (Å²) in [6, 6.07) is 7.29. The van der Waals surface area contributed by atoms with Crippen LogP contribution in [0.1, 0.15) is 27.5 Å². The number of carbonyl (C=O) groups is 1. The minimum absolute atomic E-state index is 0.169. The molecular formula is C19H18ClN5O2S. The summed E-state index contributed by atoms with van der Waals surface area (Å²) in [7, 11) is 0. The Morgan fingerprint density at radius 1 is 1.29 bits per heavy atom. The first-order chi connectivity index (χ1) is 13.4. The molecule has 0 bridgehead atoms. The number of hydrogen-bond donors (Lipinski definition) is 0. The Hall–Kier alpha value is -2.71. The van der Waals surface area contributed by atoms with Gasteiger partial charge in [-0.1, -0.05) is 28.1 Å². The number of anilines is 1. The minimum atomic E-state index is -0.290. The van der Waals surface area contributed by atoms with Gasteiger partial charge in [0, 0.05) is 23.3 Å². The molecule has 0 N–H and O–H groups in total. The van der Waals surface area contributed by atoms with Crippen LogP contribution in [0.15, 0.2) is 35.0 Å². The number of aryl methyl sites for hydroxylation is 3. The molecule has 0 radical (unpaired) electrons. The van der Waals surface area contributed by atoms with Crippen molar-refractivity contribution >= 4 is 44.2 Å². The van der Waals surface area contributed by atoms with Gasteiger partial charge in [0.25, 0.3) is 5.91 Å². The summed E-state index contributed by atoms with van der Waals surface area (Å²) in [4.78, 5) is 19.4. The standard InChI is InChI=1S/C19H18ClN5O2S/c1-11-8-14(20)10-16-17(11)22-19(28-16)24(18(26)15-4-5-21-27-15)6-7-25-13(3)9-12(2)23-25/h4-5,8-10H,6-7H2,1-3H3. The quantitative estimate of drug-likeness (QED) is 0.482. The van der Waals surface area contributed by atoms with Crippen molar-refractivity contribution in [2.75, 3.05) is 11.4 Å². The van der Waals surface area contributed by atoms with Crippen molar-refractivity contribution in [2.24, 2.45) is 0 Å². The van der Waals surface area contributed by atoms with Gasteiger partial charge < -0.3 is 4.52 Å². The van der Waals surface area contributed by atoms with Gasteiger partial charge in [-0.3, -0.25) is 14.4 Å². The van der Waals surface area contributed by atoms with E-state index in [1.807, 2.05) is 43.7 Å². The predicted octanol–water partition coefficient (Wildman–Crippen LogP) is 4.41. The van der Waals surface area contributed by atoms with E-state index < -0.39 is 0 Å². The van der Waals surface area contributed by atoms with E-state index >= 15 is 0 Å². The Labute approximate surface area is 170 Å². The number of thiazole rings is 1. The molecule has 4 rings (SSSR count). The second-order valence-corrected chi connectivity index (χ2v) is 8.00. The van der Waals surface area contributed by atoms with Crippen molar-refractivity contribution in [1.29, 1.82) is 0 Å². The maximum Gasteiger partial charge on any atom is 0.298 e. The summed E-state index contributed by atoms with van der Waals surface area (Å²) in [5.41, 5.74) is 3.79. The summed E-state index contributed by atoms with van der Waals surface area (Å²) in [5.74, 6) is -0.121. The summed E-state index contributed by atoms with van der Waals surface area (Å²) in [6.07, 6.45) is 1.45. The summed E-state index contributed by atoms with van der Waals surface area (Å²) in [6.45, 7) is 6.83. The first-order valence-electron chi connectivity index (χ1n) is 8.72. The van der Waals surface area contributed by atoms with Gasteiger partial charge in [0.2, 0.25) is 5.76 Å². The third-order valence-corrected chi connectivity index (χ3v) is 5.65. The molecule has 0 fully saturated rings. The average Bonchev–Trinajstić information content (AvgIpc) is 3.35. The van der Waals surface area contributed by atoms with E-state index in [2.05, 4.69) is 10.3 Å². The van der Waals surface area contributed by atoms with Gasteiger partial charge in [0.15, 0.2) is 5.13 Å². The lowest BCUT2D eigenvalue weighted by atomic mass is 10.2. The Kier molecular flexibility index (Phi) is 4.91. The van der Waals surface area contributed by atoms with Crippen LogP contribution in [-0.4, -0.2) is 32.4 Å². The second kappa shape index (κ2) is 7.37. The monoisotopic (exact) mass is 415 g/mol. The maximum atomic E-state index is 13.0. The number of amides is 1. The molecule has 3 heterocycles. The van der Waals surface area contributed by atoms with Gasteiger partial charge in [-0.05, 0) is 44.5 Å².